The number of hydrogen-bond acceptors (Lipinski definition) is 2. The summed E-state index contributed by atoms with van der Waals surface area (Å²) in [4.78, 5) is 10.7. The van der Waals surface area contributed by atoms with Crippen molar-refractivity contribution in [3.05, 3.63) is 12.7 Å². The van der Waals surface area contributed by atoms with Crippen molar-refractivity contribution in [1.82, 2.24) is 5.32 Å². The first-order valence-electron chi connectivity index (χ1n) is 4.72. The molecule has 1 atom stereocenters. The first-order chi connectivity index (χ1) is 6.20. The van der Waals surface area contributed by atoms with Crippen LogP contribution in [0.5, 0.6) is 0 Å². The van der Waals surface area contributed by atoms with Gasteiger partial charge in [0.05, 0.1) is 6.10 Å². The topological polar surface area (TPSA) is 38.3 Å². The number of nitrogens with one attached hydrogen (secondary N) is 1. The van der Waals surface area contributed by atoms with E-state index in [0.717, 1.165) is 12.8 Å². The minimum atomic E-state index is -0.122. The van der Waals surface area contributed by atoms with Crippen LogP contribution in [-0.4, -0.2) is 25.2 Å². The molecule has 0 aromatic carbocycles. The van der Waals surface area contributed by atoms with E-state index >= 15 is 0 Å². The van der Waals surface area contributed by atoms with Gasteiger partial charge < -0.3 is 10.1 Å². The zero-order valence-corrected chi connectivity index (χ0v) is 8.51. The Morgan fingerprint density at radius 2 is 2.38 bits per heavy atom. The van der Waals surface area contributed by atoms with Gasteiger partial charge in [-0.15, -0.1) is 0 Å². The summed E-state index contributed by atoms with van der Waals surface area (Å²) in [7, 11) is 0. The van der Waals surface area contributed by atoms with Gasteiger partial charge in [-0.1, -0.05) is 13.5 Å². The first kappa shape index (κ1) is 12.2. The standard InChI is InChI=1S/C10H19NO2/c1-4-9(3)13-8-6-7-11-10(12)5-2/h5,9H,2,4,6-8H2,1,3H3,(H,11,12). The molecule has 0 rings (SSSR count). The van der Waals surface area contributed by atoms with Gasteiger partial charge in [-0.05, 0) is 25.8 Å². The molecule has 0 aromatic rings. The predicted octanol–water partition coefficient (Wildman–Crippen LogP) is 1.49. The van der Waals surface area contributed by atoms with E-state index < -0.39 is 0 Å². The van der Waals surface area contributed by atoms with Crippen molar-refractivity contribution in [2.45, 2.75) is 32.8 Å². The molecule has 76 valence electrons. The van der Waals surface area contributed by atoms with Crippen molar-refractivity contribution in [2.24, 2.45) is 0 Å². The van der Waals surface area contributed by atoms with Gasteiger partial charge in [0.2, 0.25) is 5.91 Å². The largest absolute Gasteiger partial charge is 0.378 e. The van der Waals surface area contributed by atoms with Gasteiger partial charge in [-0.3, -0.25) is 4.79 Å². The second-order valence-corrected chi connectivity index (χ2v) is 2.94. The zero-order chi connectivity index (χ0) is 10.1. The van der Waals surface area contributed by atoms with Crippen molar-refractivity contribution in [3.63, 3.8) is 0 Å². The van der Waals surface area contributed by atoms with Crippen LogP contribution in [0, 0.1) is 0 Å². The van der Waals surface area contributed by atoms with E-state index in [4.69, 9.17) is 4.74 Å². The van der Waals surface area contributed by atoms with Gasteiger partial charge >= 0.3 is 0 Å². The minimum absolute atomic E-state index is 0.122. The molecule has 1 unspecified atom stereocenters. The number of carbonyl (C=O) groups excluding carboxylic acids is 1. The Morgan fingerprint density at radius 3 is 2.92 bits per heavy atom. The highest BCUT2D eigenvalue weighted by Gasteiger charge is 1.97. The molecule has 1 N–H and O–H groups in total. The van der Waals surface area contributed by atoms with Gasteiger partial charge in [-0.2, -0.15) is 0 Å². The van der Waals surface area contributed by atoms with Crippen LogP contribution in [0.3, 0.4) is 0 Å². The van der Waals surface area contributed by atoms with Gasteiger partial charge in [0, 0.05) is 13.2 Å². The molecule has 1 amide bonds. The molecule has 0 heterocycles. The molecular formula is C10H19NO2. The first-order valence-corrected chi connectivity index (χ1v) is 4.72. The van der Waals surface area contributed by atoms with Crippen LogP contribution in [0.1, 0.15) is 26.7 Å². The molecule has 0 spiro atoms. The summed E-state index contributed by atoms with van der Waals surface area (Å²) < 4.78 is 5.43. The zero-order valence-electron chi connectivity index (χ0n) is 8.51. The van der Waals surface area contributed by atoms with Crippen LogP contribution >= 0.6 is 0 Å². The van der Waals surface area contributed by atoms with Crippen molar-refractivity contribution in [1.29, 1.82) is 0 Å². The van der Waals surface area contributed by atoms with E-state index in [0.29, 0.717) is 19.3 Å². The third-order valence-electron chi connectivity index (χ3n) is 1.78. The maximum atomic E-state index is 10.7. The lowest BCUT2D eigenvalue weighted by Gasteiger charge is -2.09. The van der Waals surface area contributed by atoms with E-state index in [1.807, 2.05) is 6.92 Å². The van der Waals surface area contributed by atoms with Crippen LogP contribution in [-0.2, 0) is 9.53 Å². The Hall–Kier alpha value is -0.830. The number of amides is 1. The Bertz CT molecular complexity index is 157. The third kappa shape index (κ3) is 7.53. The minimum Gasteiger partial charge on any atom is -0.378 e. The monoisotopic (exact) mass is 185 g/mol. The number of hydrogen-bond donors (Lipinski definition) is 1. The molecule has 0 saturated heterocycles. The summed E-state index contributed by atoms with van der Waals surface area (Å²) in [6.45, 7) is 8.84. The molecule has 0 saturated carbocycles. The van der Waals surface area contributed by atoms with Gasteiger partial charge in [0.1, 0.15) is 0 Å². The fraction of sp³-hybridized carbons (Fsp3) is 0.700. The Kier molecular flexibility index (Phi) is 7.30. The van der Waals surface area contributed by atoms with Crippen LogP contribution < -0.4 is 5.32 Å². The molecule has 3 nitrogen and oxygen atoms in total. The van der Waals surface area contributed by atoms with Crippen LogP contribution in [0.2, 0.25) is 0 Å². The lowest BCUT2D eigenvalue weighted by Crippen LogP contribution is -2.23. The van der Waals surface area contributed by atoms with Crippen molar-refractivity contribution in [2.75, 3.05) is 13.2 Å². The van der Waals surface area contributed by atoms with Crippen molar-refractivity contribution < 1.29 is 9.53 Å². The van der Waals surface area contributed by atoms with Crippen LogP contribution in [0.25, 0.3) is 0 Å². The Morgan fingerprint density at radius 1 is 1.69 bits per heavy atom. The molecule has 0 aliphatic heterocycles. The van der Waals surface area contributed by atoms with E-state index in [2.05, 4.69) is 18.8 Å². The highest BCUT2D eigenvalue weighted by molar-refractivity contribution is 5.86. The predicted molar refractivity (Wildman–Crippen MR) is 53.5 cm³/mol. The summed E-state index contributed by atoms with van der Waals surface area (Å²) in [6, 6.07) is 0. The molecular weight excluding hydrogens is 166 g/mol. The maximum Gasteiger partial charge on any atom is 0.243 e. The number of carbonyl (C=O) groups is 1. The van der Waals surface area contributed by atoms with Crippen LogP contribution in [0.15, 0.2) is 12.7 Å². The lowest BCUT2D eigenvalue weighted by molar-refractivity contribution is -0.116. The molecule has 3 heteroatoms. The average Bonchev–Trinajstić information content (AvgIpc) is 2.16. The van der Waals surface area contributed by atoms with E-state index in [9.17, 15) is 4.79 Å². The second kappa shape index (κ2) is 7.80. The Balaban J connectivity index is 3.17. The lowest BCUT2D eigenvalue weighted by atomic mass is 10.3. The van der Waals surface area contributed by atoms with E-state index in [1.54, 1.807) is 0 Å². The molecule has 0 aromatic heterocycles. The highest BCUT2D eigenvalue weighted by Crippen LogP contribution is 1.95. The molecule has 0 aliphatic rings. The average molecular weight is 185 g/mol. The van der Waals surface area contributed by atoms with Gasteiger partial charge in [0.25, 0.3) is 0 Å². The Labute approximate surface area is 80.2 Å². The van der Waals surface area contributed by atoms with Crippen LogP contribution in [0.4, 0.5) is 0 Å². The van der Waals surface area contributed by atoms with Crippen molar-refractivity contribution >= 4 is 5.91 Å². The summed E-state index contributed by atoms with van der Waals surface area (Å²) in [5.41, 5.74) is 0. The third-order valence-corrected chi connectivity index (χ3v) is 1.78. The quantitative estimate of drug-likeness (QED) is 0.482. The smallest absolute Gasteiger partial charge is 0.243 e. The maximum absolute atomic E-state index is 10.7. The summed E-state index contributed by atoms with van der Waals surface area (Å²) >= 11 is 0. The fourth-order valence-corrected chi connectivity index (χ4v) is 0.758. The summed E-state index contributed by atoms with van der Waals surface area (Å²) in [6.07, 6.45) is 3.47. The number of ether oxygens (including phenoxy) is 1. The molecule has 13 heavy (non-hydrogen) atoms. The van der Waals surface area contributed by atoms with Gasteiger partial charge in [0.15, 0.2) is 0 Å². The molecule has 0 fully saturated rings. The molecule has 0 radical (unpaired) electrons. The normalized spacial score (nSPS) is 12.2. The number of rotatable bonds is 7. The van der Waals surface area contributed by atoms with Gasteiger partial charge in [-0.25, -0.2) is 0 Å². The fourth-order valence-electron chi connectivity index (χ4n) is 0.758. The SMILES string of the molecule is C=CC(=O)NCCCOC(C)CC. The van der Waals surface area contributed by atoms with E-state index in [-0.39, 0.29) is 5.91 Å². The summed E-state index contributed by atoms with van der Waals surface area (Å²) in [5, 5.41) is 2.69. The van der Waals surface area contributed by atoms with Crippen molar-refractivity contribution in [3.8, 4) is 0 Å². The summed E-state index contributed by atoms with van der Waals surface area (Å²) in [5.74, 6) is -0.122. The molecule has 0 bridgehead atoms. The highest BCUT2D eigenvalue weighted by atomic mass is 16.5. The van der Waals surface area contributed by atoms with E-state index in [1.165, 1.54) is 6.08 Å². The second-order valence-electron chi connectivity index (χ2n) is 2.94. The molecule has 0 aliphatic carbocycles.